The van der Waals surface area contributed by atoms with Gasteiger partial charge in [-0.3, -0.25) is 4.79 Å². The van der Waals surface area contributed by atoms with E-state index in [9.17, 15) is 9.59 Å². The number of benzene rings is 1. The number of esters is 1. The fraction of sp³-hybridized carbons (Fsp3) is 0.500. The molecular formula is C16H23NO4. The highest BCUT2D eigenvalue weighted by Crippen LogP contribution is 2.14. The quantitative estimate of drug-likeness (QED) is 0.818. The highest BCUT2D eigenvalue weighted by Gasteiger charge is 2.25. The summed E-state index contributed by atoms with van der Waals surface area (Å²) >= 11 is 0. The van der Waals surface area contributed by atoms with Crippen molar-refractivity contribution >= 4 is 11.9 Å². The van der Waals surface area contributed by atoms with Crippen molar-refractivity contribution < 1.29 is 19.1 Å². The Kier molecular flexibility index (Phi) is 6.21. The predicted octanol–water partition coefficient (Wildman–Crippen LogP) is 2.40. The third-order valence-electron chi connectivity index (χ3n) is 2.90. The first-order valence-corrected chi connectivity index (χ1v) is 7.00. The zero-order valence-corrected chi connectivity index (χ0v) is 13.2. The third kappa shape index (κ3) is 5.10. The molecule has 0 bridgehead atoms. The molecule has 0 radical (unpaired) electrons. The number of methoxy groups -OCH3 is 1. The molecule has 5 heteroatoms. The van der Waals surface area contributed by atoms with Gasteiger partial charge in [0, 0.05) is 5.56 Å². The van der Waals surface area contributed by atoms with Crippen LogP contribution < -0.4 is 10.1 Å². The first-order chi connectivity index (χ1) is 9.85. The maximum absolute atomic E-state index is 12.2. The van der Waals surface area contributed by atoms with Crippen molar-refractivity contribution in [3.63, 3.8) is 0 Å². The molecule has 1 N–H and O–H groups in total. The number of nitrogens with one attached hydrogen (secondary N) is 1. The summed E-state index contributed by atoms with van der Waals surface area (Å²) in [5, 5.41) is 2.69. The highest BCUT2D eigenvalue weighted by molar-refractivity contribution is 5.96. The Morgan fingerprint density at radius 3 is 2.05 bits per heavy atom. The van der Waals surface area contributed by atoms with E-state index in [0.29, 0.717) is 11.3 Å². The maximum Gasteiger partial charge on any atom is 0.328 e. The summed E-state index contributed by atoms with van der Waals surface area (Å²) in [6.07, 6.45) is 0.0781. The molecule has 0 aromatic heterocycles. The zero-order chi connectivity index (χ0) is 16.0. The highest BCUT2D eigenvalue weighted by atomic mass is 16.5. The molecule has 0 aliphatic rings. The van der Waals surface area contributed by atoms with Crippen LogP contribution in [-0.4, -0.2) is 31.1 Å². The van der Waals surface area contributed by atoms with E-state index in [4.69, 9.17) is 9.47 Å². The Labute approximate surface area is 125 Å². The second kappa shape index (κ2) is 7.67. The summed E-state index contributed by atoms with van der Waals surface area (Å²) in [6, 6.07) is 6.15. The van der Waals surface area contributed by atoms with Crippen LogP contribution >= 0.6 is 0 Å². The van der Waals surface area contributed by atoms with E-state index in [1.807, 2.05) is 27.7 Å². The summed E-state index contributed by atoms with van der Waals surface area (Å²) in [7, 11) is 1.31. The number of carbonyl (C=O) groups excluding carboxylic acids is 2. The molecule has 0 aliphatic carbocycles. The number of carbonyl (C=O) groups is 2. The number of amides is 1. The second-order valence-electron chi connectivity index (χ2n) is 5.41. The van der Waals surface area contributed by atoms with E-state index >= 15 is 0 Å². The van der Waals surface area contributed by atoms with Gasteiger partial charge in [-0.15, -0.1) is 0 Å². The zero-order valence-electron chi connectivity index (χ0n) is 13.2. The lowest BCUT2D eigenvalue weighted by atomic mass is 10.0. The Morgan fingerprint density at radius 2 is 1.62 bits per heavy atom. The van der Waals surface area contributed by atoms with Gasteiger partial charge >= 0.3 is 5.97 Å². The maximum atomic E-state index is 12.2. The van der Waals surface area contributed by atoms with Crippen molar-refractivity contribution in [1.82, 2.24) is 5.32 Å². The Bertz CT molecular complexity index is 480. The molecule has 116 valence electrons. The van der Waals surface area contributed by atoms with Gasteiger partial charge in [-0.1, -0.05) is 13.8 Å². The molecule has 1 rings (SSSR count). The number of ether oxygens (including phenoxy) is 2. The predicted molar refractivity (Wildman–Crippen MR) is 80.3 cm³/mol. The minimum absolute atomic E-state index is 0.0510. The van der Waals surface area contributed by atoms with Crippen molar-refractivity contribution in [3.8, 4) is 5.75 Å². The lowest BCUT2D eigenvalue weighted by Gasteiger charge is -2.19. The summed E-state index contributed by atoms with van der Waals surface area (Å²) in [5.74, 6) is -0.104. The molecule has 0 saturated carbocycles. The molecular weight excluding hydrogens is 270 g/mol. The standard InChI is InChI=1S/C16H23NO4/c1-10(2)14(16(19)20-5)17-15(18)12-6-8-13(9-7-12)21-11(3)4/h6-11,14H,1-5H3,(H,17,18). The van der Waals surface area contributed by atoms with Crippen LogP contribution in [0.3, 0.4) is 0 Å². The Morgan fingerprint density at radius 1 is 1.05 bits per heavy atom. The minimum Gasteiger partial charge on any atom is -0.491 e. The van der Waals surface area contributed by atoms with Crippen molar-refractivity contribution in [2.24, 2.45) is 5.92 Å². The Hall–Kier alpha value is -2.04. The lowest BCUT2D eigenvalue weighted by Crippen LogP contribution is -2.45. The third-order valence-corrected chi connectivity index (χ3v) is 2.90. The molecule has 0 saturated heterocycles. The van der Waals surface area contributed by atoms with E-state index in [-0.39, 0.29) is 17.9 Å². The van der Waals surface area contributed by atoms with E-state index < -0.39 is 12.0 Å². The van der Waals surface area contributed by atoms with Gasteiger partial charge in [-0.05, 0) is 44.0 Å². The number of hydrogen-bond donors (Lipinski definition) is 1. The molecule has 1 atom stereocenters. The fourth-order valence-corrected chi connectivity index (χ4v) is 1.81. The topological polar surface area (TPSA) is 64.6 Å². The van der Waals surface area contributed by atoms with Gasteiger partial charge in [0.25, 0.3) is 5.91 Å². The fourth-order valence-electron chi connectivity index (χ4n) is 1.81. The van der Waals surface area contributed by atoms with Crippen molar-refractivity contribution in [1.29, 1.82) is 0 Å². The van der Waals surface area contributed by atoms with E-state index in [2.05, 4.69) is 5.32 Å². The van der Waals surface area contributed by atoms with Crippen molar-refractivity contribution in [2.45, 2.75) is 39.8 Å². The minimum atomic E-state index is -0.658. The molecule has 0 spiro atoms. The van der Waals surface area contributed by atoms with E-state index in [0.717, 1.165) is 0 Å². The van der Waals surface area contributed by atoms with Crippen LogP contribution in [0.15, 0.2) is 24.3 Å². The van der Waals surface area contributed by atoms with Crippen LogP contribution in [0.2, 0.25) is 0 Å². The molecule has 21 heavy (non-hydrogen) atoms. The van der Waals surface area contributed by atoms with Crippen molar-refractivity contribution in [2.75, 3.05) is 7.11 Å². The van der Waals surface area contributed by atoms with Crippen LogP contribution in [0.5, 0.6) is 5.75 Å². The van der Waals surface area contributed by atoms with Gasteiger partial charge < -0.3 is 14.8 Å². The monoisotopic (exact) mass is 293 g/mol. The van der Waals surface area contributed by atoms with Gasteiger partial charge in [-0.25, -0.2) is 4.79 Å². The van der Waals surface area contributed by atoms with Crippen LogP contribution in [0.25, 0.3) is 0 Å². The van der Waals surface area contributed by atoms with Crippen molar-refractivity contribution in [3.05, 3.63) is 29.8 Å². The van der Waals surface area contributed by atoms with Gasteiger partial charge in [0.15, 0.2) is 0 Å². The Balaban J connectivity index is 2.76. The summed E-state index contributed by atoms with van der Waals surface area (Å²) < 4.78 is 10.2. The number of hydrogen-bond acceptors (Lipinski definition) is 4. The smallest absolute Gasteiger partial charge is 0.328 e. The summed E-state index contributed by atoms with van der Waals surface area (Å²) in [5.41, 5.74) is 0.473. The molecule has 5 nitrogen and oxygen atoms in total. The second-order valence-corrected chi connectivity index (χ2v) is 5.41. The summed E-state index contributed by atoms with van der Waals surface area (Å²) in [6.45, 7) is 7.57. The summed E-state index contributed by atoms with van der Waals surface area (Å²) in [4.78, 5) is 23.8. The lowest BCUT2D eigenvalue weighted by molar-refractivity contribution is -0.144. The average molecular weight is 293 g/mol. The molecule has 1 amide bonds. The van der Waals surface area contributed by atoms with Gasteiger partial charge in [-0.2, -0.15) is 0 Å². The molecule has 1 unspecified atom stereocenters. The van der Waals surface area contributed by atoms with Crippen LogP contribution in [0.1, 0.15) is 38.1 Å². The average Bonchev–Trinajstić information content (AvgIpc) is 2.43. The van der Waals surface area contributed by atoms with E-state index in [1.54, 1.807) is 24.3 Å². The van der Waals surface area contributed by atoms with Gasteiger partial charge in [0.05, 0.1) is 13.2 Å². The van der Waals surface area contributed by atoms with Crippen LogP contribution in [0, 0.1) is 5.92 Å². The van der Waals surface area contributed by atoms with E-state index in [1.165, 1.54) is 7.11 Å². The molecule has 1 aromatic carbocycles. The first-order valence-electron chi connectivity index (χ1n) is 7.00. The molecule has 0 aliphatic heterocycles. The first kappa shape index (κ1) is 17.0. The SMILES string of the molecule is COC(=O)C(NC(=O)c1ccc(OC(C)C)cc1)C(C)C. The number of rotatable bonds is 6. The largest absolute Gasteiger partial charge is 0.491 e. The van der Waals surface area contributed by atoms with Crippen LogP contribution in [-0.2, 0) is 9.53 Å². The normalized spacial score (nSPS) is 12.1. The molecule has 0 fully saturated rings. The van der Waals surface area contributed by atoms with Gasteiger partial charge in [0.2, 0.25) is 0 Å². The van der Waals surface area contributed by atoms with Gasteiger partial charge in [0.1, 0.15) is 11.8 Å². The molecule has 0 heterocycles. The van der Waals surface area contributed by atoms with Crippen LogP contribution in [0.4, 0.5) is 0 Å². The molecule has 1 aromatic rings.